The highest BCUT2D eigenvalue weighted by Gasteiger charge is 2.13. The van der Waals surface area contributed by atoms with Crippen molar-refractivity contribution in [1.29, 1.82) is 0 Å². The number of benzene rings is 2. The second kappa shape index (κ2) is 5.69. The van der Waals surface area contributed by atoms with Crippen molar-refractivity contribution in [2.24, 2.45) is 5.73 Å². The van der Waals surface area contributed by atoms with Gasteiger partial charge in [0.1, 0.15) is 17.2 Å². The van der Waals surface area contributed by atoms with Crippen LogP contribution in [0.2, 0.25) is 0 Å². The Morgan fingerprint density at radius 3 is 2.65 bits per heavy atom. The quantitative estimate of drug-likeness (QED) is 0.724. The van der Waals surface area contributed by atoms with Crippen LogP contribution < -0.4 is 5.73 Å². The number of nitrogens with two attached hydrogens (primary N) is 1. The van der Waals surface area contributed by atoms with Crippen molar-refractivity contribution in [2.45, 2.75) is 10.9 Å². The Balaban J connectivity index is 1.73. The van der Waals surface area contributed by atoms with Crippen molar-refractivity contribution >= 4 is 22.7 Å². The van der Waals surface area contributed by atoms with Gasteiger partial charge < -0.3 is 10.2 Å². The highest BCUT2D eigenvalue weighted by Crippen LogP contribution is 2.28. The van der Waals surface area contributed by atoms with E-state index in [4.69, 9.17) is 10.2 Å². The average Bonchev–Trinajstić information content (AvgIpc) is 2.90. The van der Waals surface area contributed by atoms with Crippen molar-refractivity contribution < 1.29 is 8.81 Å². The molecule has 2 N–H and O–H groups in total. The van der Waals surface area contributed by atoms with Gasteiger partial charge in [0.25, 0.3) is 0 Å². The van der Waals surface area contributed by atoms with E-state index in [-0.39, 0.29) is 11.9 Å². The molecule has 1 atom stereocenters. The second-order valence-electron chi connectivity index (χ2n) is 4.53. The van der Waals surface area contributed by atoms with E-state index in [1.807, 2.05) is 36.4 Å². The van der Waals surface area contributed by atoms with Crippen LogP contribution in [0.25, 0.3) is 11.0 Å². The molecule has 4 heteroatoms. The minimum absolute atomic E-state index is 0.214. The number of halogens is 1. The fourth-order valence-electron chi connectivity index (χ4n) is 2.01. The molecule has 0 fully saturated rings. The third-order valence-electron chi connectivity index (χ3n) is 3.07. The summed E-state index contributed by atoms with van der Waals surface area (Å²) >= 11 is 1.40. The van der Waals surface area contributed by atoms with Gasteiger partial charge in [-0.2, -0.15) is 0 Å². The molecule has 0 spiro atoms. The number of hydrogen-bond acceptors (Lipinski definition) is 3. The summed E-state index contributed by atoms with van der Waals surface area (Å²) in [6.45, 7) is 0. The predicted octanol–water partition coefficient (Wildman–Crippen LogP) is 4.36. The highest BCUT2D eigenvalue weighted by atomic mass is 32.2. The fraction of sp³-hybridized carbons (Fsp3) is 0.125. The molecular formula is C16H14FNOS. The first-order valence-corrected chi connectivity index (χ1v) is 7.34. The number of para-hydroxylation sites is 1. The van der Waals surface area contributed by atoms with E-state index in [9.17, 15) is 4.39 Å². The second-order valence-corrected chi connectivity index (χ2v) is 5.60. The van der Waals surface area contributed by atoms with Crippen LogP contribution in [0.1, 0.15) is 11.8 Å². The molecule has 1 aromatic heterocycles. The van der Waals surface area contributed by atoms with Gasteiger partial charge in [-0.1, -0.05) is 30.3 Å². The monoisotopic (exact) mass is 287 g/mol. The first-order valence-electron chi connectivity index (χ1n) is 6.35. The molecule has 102 valence electrons. The maximum absolute atomic E-state index is 13.5. The summed E-state index contributed by atoms with van der Waals surface area (Å²) < 4.78 is 19.2. The Labute approximate surface area is 120 Å². The molecule has 0 amide bonds. The maximum atomic E-state index is 13.5. The van der Waals surface area contributed by atoms with Crippen molar-refractivity contribution in [2.75, 3.05) is 5.75 Å². The molecule has 0 saturated carbocycles. The third-order valence-corrected chi connectivity index (χ3v) is 4.23. The van der Waals surface area contributed by atoms with Gasteiger partial charge in [-0.05, 0) is 24.3 Å². The SMILES string of the molecule is NC(CSc1ccccc1F)c1cc2ccccc2o1. The maximum Gasteiger partial charge on any atom is 0.136 e. The zero-order chi connectivity index (χ0) is 13.9. The third kappa shape index (κ3) is 2.71. The topological polar surface area (TPSA) is 39.2 Å². The minimum atomic E-state index is -0.257. The van der Waals surface area contributed by atoms with E-state index in [0.29, 0.717) is 10.6 Å². The highest BCUT2D eigenvalue weighted by molar-refractivity contribution is 7.99. The molecule has 0 aliphatic rings. The van der Waals surface area contributed by atoms with Crippen LogP contribution in [0.5, 0.6) is 0 Å². The molecule has 0 aliphatic heterocycles. The molecular weight excluding hydrogens is 273 g/mol. The number of furan rings is 1. The van der Waals surface area contributed by atoms with E-state index in [1.165, 1.54) is 17.8 Å². The van der Waals surface area contributed by atoms with Crippen molar-refractivity contribution in [1.82, 2.24) is 0 Å². The molecule has 0 bridgehead atoms. The van der Waals surface area contributed by atoms with E-state index in [1.54, 1.807) is 12.1 Å². The van der Waals surface area contributed by atoms with Crippen LogP contribution in [-0.2, 0) is 0 Å². The average molecular weight is 287 g/mol. The van der Waals surface area contributed by atoms with Crippen molar-refractivity contribution in [3.05, 3.63) is 66.2 Å². The summed E-state index contributed by atoms with van der Waals surface area (Å²) in [6, 6.07) is 16.2. The molecule has 1 heterocycles. The Morgan fingerprint density at radius 2 is 1.85 bits per heavy atom. The number of thioether (sulfide) groups is 1. The zero-order valence-electron chi connectivity index (χ0n) is 10.8. The van der Waals surface area contributed by atoms with Crippen molar-refractivity contribution in [3.63, 3.8) is 0 Å². The van der Waals surface area contributed by atoms with Crippen LogP contribution in [-0.4, -0.2) is 5.75 Å². The number of rotatable bonds is 4. The molecule has 3 aromatic rings. The summed E-state index contributed by atoms with van der Waals surface area (Å²) in [5, 5.41) is 1.04. The van der Waals surface area contributed by atoms with Crippen LogP contribution in [0.3, 0.4) is 0 Å². The molecule has 2 aromatic carbocycles. The lowest BCUT2D eigenvalue weighted by Crippen LogP contribution is -2.12. The van der Waals surface area contributed by atoms with Gasteiger partial charge >= 0.3 is 0 Å². The van der Waals surface area contributed by atoms with Gasteiger partial charge in [0, 0.05) is 16.0 Å². The molecule has 1 unspecified atom stereocenters. The molecule has 0 saturated heterocycles. The van der Waals surface area contributed by atoms with Crippen LogP contribution >= 0.6 is 11.8 Å². The lowest BCUT2D eigenvalue weighted by Gasteiger charge is -2.08. The van der Waals surface area contributed by atoms with Gasteiger partial charge in [-0.3, -0.25) is 0 Å². The Morgan fingerprint density at radius 1 is 1.10 bits per heavy atom. The van der Waals surface area contributed by atoms with Gasteiger partial charge in [0.05, 0.1) is 6.04 Å². The first kappa shape index (κ1) is 13.2. The minimum Gasteiger partial charge on any atom is -0.459 e. The van der Waals surface area contributed by atoms with Crippen molar-refractivity contribution in [3.8, 4) is 0 Å². The molecule has 2 nitrogen and oxygen atoms in total. The van der Waals surface area contributed by atoms with Crippen LogP contribution in [0.4, 0.5) is 4.39 Å². The van der Waals surface area contributed by atoms with E-state index >= 15 is 0 Å². The predicted molar refractivity (Wildman–Crippen MR) is 80.3 cm³/mol. The first-order chi connectivity index (χ1) is 9.74. The smallest absolute Gasteiger partial charge is 0.136 e. The summed E-state index contributed by atoms with van der Waals surface area (Å²) in [6.07, 6.45) is 0. The fourth-order valence-corrected chi connectivity index (χ4v) is 2.91. The summed E-state index contributed by atoms with van der Waals surface area (Å²) in [7, 11) is 0. The number of fused-ring (bicyclic) bond motifs is 1. The standard InChI is InChI=1S/C16H14FNOS/c17-12-6-2-4-8-16(12)20-10-13(18)15-9-11-5-1-3-7-14(11)19-15/h1-9,13H,10,18H2. The summed E-state index contributed by atoms with van der Waals surface area (Å²) in [4.78, 5) is 0.610. The van der Waals surface area contributed by atoms with Gasteiger partial charge in [-0.25, -0.2) is 4.39 Å². The van der Waals surface area contributed by atoms with E-state index < -0.39 is 0 Å². The summed E-state index contributed by atoms with van der Waals surface area (Å²) in [5.74, 6) is 1.09. The molecule has 3 rings (SSSR count). The van der Waals surface area contributed by atoms with Crippen LogP contribution in [0, 0.1) is 5.82 Å². The largest absolute Gasteiger partial charge is 0.459 e. The Kier molecular flexibility index (Phi) is 3.76. The van der Waals surface area contributed by atoms with Gasteiger partial charge in [0.2, 0.25) is 0 Å². The van der Waals surface area contributed by atoms with Crippen LogP contribution in [0.15, 0.2) is 63.9 Å². The Bertz CT molecular complexity index is 692. The Hall–Kier alpha value is -1.78. The molecule has 20 heavy (non-hydrogen) atoms. The number of hydrogen-bond donors (Lipinski definition) is 1. The lowest BCUT2D eigenvalue weighted by molar-refractivity contribution is 0.516. The molecule has 0 radical (unpaired) electrons. The van der Waals surface area contributed by atoms with Gasteiger partial charge in [-0.15, -0.1) is 11.8 Å². The van der Waals surface area contributed by atoms with E-state index in [2.05, 4.69) is 0 Å². The normalized spacial score (nSPS) is 12.7. The van der Waals surface area contributed by atoms with Gasteiger partial charge in [0.15, 0.2) is 0 Å². The van der Waals surface area contributed by atoms with E-state index in [0.717, 1.165) is 16.7 Å². The zero-order valence-corrected chi connectivity index (χ0v) is 11.6. The lowest BCUT2D eigenvalue weighted by atomic mass is 10.2. The molecule has 0 aliphatic carbocycles. The summed E-state index contributed by atoms with van der Waals surface area (Å²) in [5.41, 5.74) is 6.95.